The van der Waals surface area contributed by atoms with Gasteiger partial charge in [-0.15, -0.1) is 23.5 Å². The quantitative estimate of drug-likeness (QED) is 0.417. The van der Waals surface area contributed by atoms with Crippen LogP contribution in [0, 0.1) is 0 Å². The zero-order valence-electron chi connectivity index (χ0n) is 11.5. The molecule has 0 aliphatic heterocycles. The van der Waals surface area contributed by atoms with Crippen LogP contribution in [0.1, 0.15) is 0 Å². The highest BCUT2D eigenvalue weighted by molar-refractivity contribution is 7.99. The van der Waals surface area contributed by atoms with E-state index in [9.17, 15) is 4.79 Å². The van der Waals surface area contributed by atoms with Crippen LogP contribution in [0.5, 0.6) is 0 Å². The topological polar surface area (TPSA) is 56.0 Å². The summed E-state index contributed by atoms with van der Waals surface area (Å²) in [6.07, 6.45) is 3.89. The molecule has 0 amide bonds. The number of aromatic nitrogens is 2. The molecule has 3 aromatic rings. The molecule has 0 saturated heterocycles. The van der Waals surface area contributed by atoms with Crippen LogP contribution in [0.4, 0.5) is 0 Å². The number of hydrogen-bond donors (Lipinski definition) is 0. The van der Waals surface area contributed by atoms with Gasteiger partial charge < -0.3 is 4.42 Å². The van der Waals surface area contributed by atoms with Crippen molar-refractivity contribution in [2.75, 3.05) is 12.5 Å². The Kier molecular flexibility index (Phi) is 3.98. The van der Waals surface area contributed by atoms with Gasteiger partial charge in [0.1, 0.15) is 21.2 Å². The van der Waals surface area contributed by atoms with E-state index < -0.39 is 5.63 Å². The van der Waals surface area contributed by atoms with Gasteiger partial charge in [-0.2, -0.15) is 0 Å². The van der Waals surface area contributed by atoms with E-state index in [0.717, 1.165) is 15.4 Å². The molecule has 4 nitrogen and oxygen atoms in total. The van der Waals surface area contributed by atoms with Crippen LogP contribution in [0.25, 0.3) is 22.4 Å². The Bertz CT molecular complexity index is 839. The first kappa shape index (κ1) is 14.2. The fourth-order valence-electron chi connectivity index (χ4n) is 1.95. The van der Waals surface area contributed by atoms with Gasteiger partial charge in [0.25, 0.3) is 0 Å². The lowest BCUT2D eigenvalue weighted by Gasteiger charge is -2.05. The van der Waals surface area contributed by atoms with Crippen molar-refractivity contribution in [1.82, 2.24) is 9.97 Å². The Hall–Kier alpha value is -1.79. The molecule has 0 bridgehead atoms. The molecule has 6 heteroatoms. The largest absolute Gasteiger partial charge is 0.422 e. The Labute approximate surface area is 130 Å². The molecule has 3 rings (SSSR count). The number of para-hydroxylation sites is 1. The van der Waals surface area contributed by atoms with Gasteiger partial charge in [0.05, 0.1) is 0 Å². The van der Waals surface area contributed by atoms with E-state index in [0.29, 0.717) is 17.0 Å². The fraction of sp³-hybridized carbons (Fsp3) is 0.133. The fourth-order valence-corrected chi connectivity index (χ4v) is 2.84. The SMILES string of the molecule is CSc1cc(SC)nc(-c2cc3ccccc3oc2=O)n1. The predicted octanol–water partition coefficient (Wildman–Crippen LogP) is 3.69. The van der Waals surface area contributed by atoms with E-state index in [-0.39, 0.29) is 0 Å². The number of rotatable bonds is 3. The average Bonchev–Trinajstić information content (AvgIpc) is 2.53. The Morgan fingerprint density at radius 1 is 1.00 bits per heavy atom. The van der Waals surface area contributed by atoms with Crippen molar-refractivity contribution in [2.24, 2.45) is 0 Å². The smallest absolute Gasteiger partial charge is 0.347 e. The maximum absolute atomic E-state index is 12.2. The van der Waals surface area contributed by atoms with Gasteiger partial charge in [-0.1, -0.05) is 18.2 Å². The van der Waals surface area contributed by atoms with Crippen LogP contribution in [-0.2, 0) is 0 Å². The minimum atomic E-state index is -0.418. The highest BCUT2D eigenvalue weighted by Gasteiger charge is 2.12. The summed E-state index contributed by atoms with van der Waals surface area (Å²) >= 11 is 3.04. The van der Waals surface area contributed by atoms with Gasteiger partial charge in [-0.25, -0.2) is 14.8 Å². The summed E-state index contributed by atoms with van der Waals surface area (Å²) < 4.78 is 5.35. The third kappa shape index (κ3) is 2.82. The molecule has 0 radical (unpaired) electrons. The minimum Gasteiger partial charge on any atom is -0.422 e. The first-order chi connectivity index (χ1) is 10.2. The van der Waals surface area contributed by atoms with Crippen LogP contribution in [0.2, 0.25) is 0 Å². The Balaban J connectivity index is 2.24. The molecule has 0 aliphatic rings. The summed E-state index contributed by atoms with van der Waals surface area (Å²) in [6.45, 7) is 0. The van der Waals surface area contributed by atoms with Gasteiger partial charge in [-0.05, 0) is 24.6 Å². The Morgan fingerprint density at radius 2 is 1.67 bits per heavy atom. The molecule has 0 atom stereocenters. The second-order valence-electron chi connectivity index (χ2n) is 4.26. The molecule has 0 fully saturated rings. The third-order valence-corrected chi connectivity index (χ3v) is 4.23. The molecule has 2 heterocycles. The standard InChI is InChI=1S/C15H12N2O2S2/c1-20-12-8-13(21-2)17-14(16-12)10-7-9-5-3-4-6-11(9)19-15(10)18/h3-8H,1-2H3. The molecule has 1 aromatic carbocycles. The van der Waals surface area contributed by atoms with E-state index in [1.165, 1.54) is 23.5 Å². The summed E-state index contributed by atoms with van der Waals surface area (Å²) in [4.78, 5) is 21.0. The summed E-state index contributed by atoms with van der Waals surface area (Å²) in [5, 5.41) is 2.52. The normalized spacial score (nSPS) is 11.0. The van der Waals surface area contributed by atoms with Gasteiger partial charge >= 0.3 is 5.63 Å². The highest BCUT2D eigenvalue weighted by Crippen LogP contribution is 2.24. The monoisotopic (exact) mass is 316 g/mol. The summed E-state index contributed by atoms with van der Waals surface area (Å²) in [5.41, 5.74) is 0.538. The lowest BCUT2D eigenvalue weighted by atomic mass is 10.2. The van der Waals surface area contributed by atoms with E-state index in [1.807, 2.05) is 36.8 Å². The van der Waals surface area contributed by atoms with Gasteiger partial charge in [0.2, 0.25) is 0 Å². The number of fused-ring (bicyclic) bond motifs is 1. The zero-order chi connectivity index (χ0) is 14.8. The van der Waals surface area contributed by atoms with Crippen LogP contribution in [0.3, 0.4) is 0 Å². The lowest BCUT2D eigenvalue weighted by molar-refractivity contribution is 0.562. The molecule has 2 aromatic heterocycles. The lowest BCUT2D eigenvalue weighted by Crippen LogP contribution is -2.06. The number of nitrogens with zero attached hydrogens (tertiary/aromatic N) is 2. The van der Waals surface area contributed by atoms with Gasteiger partial charge in [-0.3, -0.25) is 0 Å². The van der Waals surface area contributed by atoms with Crippen molar-refractivity contribution >= 4 is 34.5 Å². The molecule has 0 saturated carbocycles. The van der Waals surface area contributed by atoms with E-state index in [1.54, 1.807) is 12.1 Å². The maximum Gasteiger partial charge on any atom is 0.347 e. The van der Waals surface area contributed by atoms with Crippen molar-refractivity contribution in [1.29, 1.82) is 0 Å². The molecule has 0 unspecified atom stereocenters. The molecule has 0 N–H and O–H groups in total. The van der Waals surface area contributed by atoms with Crippen molar-refractivity contribution in [3.63, 3.8) is 0 Å². The first-order valence-corrected chi connectivity index (χ1v) is 8.66. The number of thioether (sulfide) groups is 2. The molecule has 106 valence electrons. The highest BCUT2D eigenvalue weighted by atomic mass is 32.2. The van der Waals surface area contributed by atoms with E-state index in [2.05, 4.69) is 9.97 Å². The first-order valence-electron chi connectivity index (χ1n) is 6.21. The average molecular weight is 316 g/mol. The third-order valence-electron chi connectivity index (χ3n) is 2.98. The summed E-state index contributed by atoms with van der Waals surface area (Å²) in [5.74, 6) is 0.408. The van der Waals surface area contributed by atoms with Gasteiger partial charge in [0.15, 0.2) is 5.82 Å². The van der Waals surface area contributed by atoms with Crippen molar-refractivity contribution in [2.45, 2.75) is 10.1 Å². The van der Waals surface area contributed by atoms with Crippen LogP contribution < -0.4 is 5.63 Å². The zero-order valence-corrected chi connectivity index (χ0v) is 13.1. The van der Waals surface area contributed by atoms with Crippen molar-refractivity contribution in [3.05, 3.63) is 46.8 Å². The molecule has 0 spiro atoms. The second-order valence-corrected chi connectivity index (χ2v) is 5.91. The maximum atomic E-state index is 12.2. The van der Waals surface area contributed by atoms with E-state index >= 15 is 0 Å². The Morgan fingerprint density at radius 3 is 2.33 bits per heavy atom. The molecular formula is C15H12N2O2S2. The van der Waals surface area contributed by atoms with Gasteiger partial charge in [0, 0.05) is 11.5 Å². The van der Waals surface area contributed by atoms with Crippen LogP contribution >= 0.6 is 23.5 Å². The molecular weight excluding hydrogens is 304 g/mol. The minimum absolute atomic E-state index is 0.389. The predicted molar refractivity (Wildman–Crippen MR) is 87.1 cm³/mol. The van der Waals surface area contributed by atoms with Crippen molar-refractivity contribution < 1.29 is 4.42 Å². The van der Waals surface area contributed by atoms with Crippen LogP contribution in [-0.4, -0.2) is 22.5 Å². The number of benzene rings is 1. The molecule has 0 aliphatic carbocycles. The summed E-state index contributed by atoms with van der Waals surface area (Å²) in [7, 11) is 0. The summed E-state index contributed by atoms with van der Waals surface area (Å²) in [6, 6.07) is 11.1. The van der Waals surface area contributed by atoms with Crippen LogP contribution in [0.15, 0.2) is 55.7 Å². The molecule has 21 heavy (non-hydrogen) atoms. The second kappa shape index (κ2) is 5.91. The number of hydrogen-bond acceptors (Lipinski definition) is 6. The van der Waals surface area contributed by atoms with E-state index in [4.69, 9.17) is 4.42 Å². The van der Waals surface area contributed by atoms with Crippen molar-refractivity contribution in [3.8, 4) is 11.4 Å².